The third kappa shape index (κ3) is 4.36. The summed E-state index contributed by atoms with van der Waals surface area (Å²) in [4.78, 5) is 0.357. The highest BCUT2D eigenvalue weighted by Gasteiger charge is 2.09. The van der Waals surface area contributed by atoms with Gasteiger partial charge in [0.15, 0.2) is 0 Å². The molecule has 0 saturated heterocycles. The molecular weight excluding hydrogens is 260 g/mol. The summed E-state index contributed by atoms with van der Waals surface area (Å²) >= 11 is 3.72. The van der Waals surface area contributed by atoms with Crippen molar-refractivity contribution < 1.29 is 0 Å². The van der Waals surface area contributed by atoms with Crippen molar-refractivity contribution in [1.29, 1.82) is 0 Å². The van der Waals surface area contributed by atoms with E-state index in [0.29, 0.717) is 4.83 Å². The fourth-order valence-electron chi connectivity index (χ4n) is 1.65. The Balaban J connectivity index is 2.62. The lowest BCUT2D eigenvalue weighted by atomic mass is 9.99. The van der Waals surface area contributed by atoms with Crippen LogP contribution in [0, 0.1) is 0 Å². The number of hydrogen-bond donors (Lipinski definition) is 0. The zero-order valence-electron chi connectivity index (χ0n) is 9.83. The van der Waals surface area contributed by atoms with Gasteiger partial charge in [0, 0.05) is 4.83 Å². The van der Waals surface area contributed by atoms with Crippen LogP contribution in [0.1, 0.15) is 26.2 Å². The first-order valence-corrected chi connectivity index (χ1v) is 6.64. The molecule has 0 fully saturated rings. The molecule has 0 heterocycles. The Hall–Kier alpha value is -0.820. The number of hydrogen-bond acceptors (Lipinski definition) is 0. The average Bonchev–Trinajstić information content (AvgIpc) is 2.31. The second-order valence-corrected chi connectivity index (χ2v) is 4.93. The average molecular weight is 279 g/mol. The van der Waals surface area contributed by atoms with E-state index < -0.39 is 0 Å². The van der Waals surface area contributed by atoms with E-state index in [9.17, 15) is 0 Å². The molecule has 0 bridgehead atoms. The van der Waals surface area contributed by atoms with Crippen LogP contribution in [0.15, 0.2) is 60.3 Å². The fourth-order valence-corrected chi connectivity index (χ4v) is 2.36. The van der Waals surface area contributed by atoms with Crippen LogP contribution < -0.4 is 0 Å². The molecule has 0 amide bonds. The van der Waals surface area contributed by atoms with Crippen molar-refractivity contribution in [3.8, 4) is 0 Å². The van der Waals surface area contributed by atoms with E-state index in [1.54, 1.807) is 0 Å². The Morgan fingerprint density at radius 1 is 1.56 bits per heavy atom. The zero-order chi connectivity index (χ0) is 11.8. The summed E-state index contributed by atoms with van der Waals surface area (Å²) in [5.74, 6) is 0. The van der Waals surface area contributed by atoms with E-state index in [0.717, 1.165) is 6.42 Å². The molecule has 0 spiro atoms. The van der Waals surface area contributed by atoms with Gasteiger partial charge in [-0.05, 0) is 31.8 Å². The van der Waals surface area contributed by atoms with E-state index in [2.05, 4.69) is 52.9 Å². The highest BCUT2D eigenvalue weighted by molar-refractivity contribution is 9.09. The van der Waals surface area contributed by atoms with Crippen molar-refractivity contribution in [3.05, 3.63) is 60.3 Å². The van der Waals surface area contributed by atoms with E-state index >= 15 is 0 Å². The summed E-state index contributed by atoms with van der Waals surface area (Å²) in [6, 6.07) is 0. The number of allylic oxidation sites excluding steroid dienone is 9. The molecule has 0 nitrogen and oxygen atoms in total. The highest BCUT2D eigenvalue weighted by Crippen LogP contribution is 2.24. The van der Waals surface area contributed by atoms with Gasteiger partial charge < -0.3 is 0 Å². The van der Waals surface area contributed by atoms with Crippen molar-refractivity contribution in [2.24, 2.45) is 0 Å². The first-order valence-electron chi connectivity index (χ1n) is 5.73. The fraction of sp³-hybridized carbons (Fsp3) is 0.333. The molecule has 0 aliphatic heterocycles. The maximum absolute atomic E-state index is 3.86. The van der Waals surface area contributed by atoms with Gasteiger partial charge in [0.1, 0.15) is 0 Å². The predicted octanol–water partition coefficient (Wildman–Crippen LogP) is 5.10. The summed E-state index contributed by atoms with van der Waals surface area (Å²) in [6.45, 7) is 5.88. The molecule has 16 heavy (non-hydrogen) atoms. The maximum atomic E-state index is 3.86. The van der Waals surface area contributed by atoms with Crippen LogP contribution in [0.4, 0.5) is 0 Å². The molecule has 1 rings (SSSR count). The first kappa shape index (κ1) is 13.2. The molecule has 0 saturated carbocycles. The van der Waals surface area contributed by atoms with Gasteiger partial charge in [0.05, 0.1) is 0 Å². The third-order valence-electron chi connectivity index (χ3n) is 2.57. The standard InChI is InChI=1S/C15H19Br/c1-3-5-11-14(4-2)15(16)12-13-9-7-6-8-10-13/h3-5,7,9-11,15H,2,6,8,12H2,1H3/b5-3-,14-11+. The third-order valence-corrected chi connectivity index (χ3v) is 3.42. The smallest absolute Gasteiger partial charge is 0.0435 e. The lowest BCUT2D eigenvalue weighted by Gasteiger charge is -2.13. The minimum atomic E-state index is 0.357. The molecule has 86 valence electrons. The number of alkyl halides is 1. The van der Waals surface area contributed by atoms with Gasteiger partial charge in [-0.1, -0.05) is 70.6 Å². The quantitative estimate of drug-likeness (QED) is 0.485. The largest absolute Gasteiger partial charge is 0.0988 e. The van der Waals surface area contributed by atoms with Crippen LogP contribution in [0.2, 0.25) is 0 Å². The number of halogens is 1. The van der Waals surface area contributed by atoms with Gasteiger partial charge in [-0.3, -0.25) is 0 Å². The molecule has 0 aromatic carbocycles. The first-order chi connectivity index (χ1) is 7.77. The zero-order valence-corrected chi connectivity index (χ0v) is 11.4. The van der Waals surface area contributed by atoms with E-state index in [4.69, 9.17) is 0 Å². The normalized spacial score (nSPS) is 18.6. The summed E-state index contributed by atoms with van der Waals surface area (Å²) < 4.78 is 0. The van der Waals surface area contributed by atoms with E-state index in [1.807, 2.05) is 19.1 Å². The van der Waals surface area contributed by atoms with Gasteiger partial charge in [-0.25, -0.2) is 0 Å². The SMILES string of the molecule is C=C/C(=C\C=C/C)C(Br)CC1=CCCC=C1. The molecule has 0 radical (unpaired) electrons. The minimum absolute atomic E-state index is 0.357. The Morgan fingerprint density at radius 2 is 2.38 bits per heavy atom. The topological polar surface area (TPSA) is 0 Å². The summed E-state index contributed by atoms with van der Waals surface area (Å²) in [6.07, 6.45) is 18.3. The van der Waals surface area contributed by atoms with Crippen LogP contribution in [0.5, 0.6) is 0 Å². The minimum Gasteiger partial charge on any atom is -0.0988 e. The molecule has 1 unspecified atom stereocenters. The van der Waals surface area contributed by atoms with Crippen molar-refractivity contribution in [3.63, 3.8) is 0 Å². The molecule has 1 heteroatoms. The molecular formula is C15H19Br. The second-order valence-electron chi connectivity index (χ2n) is 3.83. The van der Waals surface area contributed by atoms with Gasteiger partial charge in [-0.15, -0.1) is 0 Å². The van der Waals surface area contributed by atoms with Crippen LogP contribution in [0.3, 0.4) is 0 Å². The summed E-state index contributed by atoms with van der Waals surface area (Å²) in [5.41, 5.74) is 2.65. The number of rotatable bonds is 5. The van der Waals surface area contributed by atoms with Gasteiger partial charge in [-0.2, -0.15) is 0 Å². The summed E-state index contributed by atoms with van der Waals surface area (Å²) in [5, 5.41) is 0. The molecule has 1 atom stereocenters. The summed E-state index contributed by atoms with van der Waals surface area (Å²) in [7, 11) is 0. The molecule has 0 N–H and O–H groups in total. The molecule has 1 aliphatic rings. The molecule has 0 aromatic rings. The lowest BCUT2D eigenvalue weighted by Crippen LogP contribution is -2.02. The Bertz CT molecular complexity index is 342. The Labute approximate surface area is 107 Å². The van der Waals surface area contributed by atoms with Crippen LogP contribution in [-0.4, -0.2) is 4.83 Å². The van der Waals surface area contributed by atoms with E-state index in [1.165, 1.54) is 24.0 Å². The van der Waals surface area contributed by atoms with Crippen LogP contribution in [-0.2, 0) is 0 Å². The van der Waals surface area contributed by atoms with Crippen LogP contribution in [0.25, 0.3) is 0 Å². The Morgan fingerprint density at radius 3 is 2.94 bits per heavy atom. The highest BCUT2D eigenvalue weighted by atomic mass is 79.9. The van der Waals surface area contributed by atoms with Crippen molar-refractivity contribution >= 4 is 15.9 Å². The van der Waals surface area contributed by atoms with Gasteiger partial charge in [0.25, 0.3) is 0 Å². The second kappa shape index (κ2) is 7.45. The van der Waals surface area contributed by atoms with Crippen molar-refractivity contribution in [2.45, 2.75) is 31.0 Å². The van der Waals surface area contributed by atoms with E-state index in [-0.39, 0.29) is 0 Å². The predicted molar refractivity (Wildman–Crippen MR) is 76.9 cm³/mol. The Kier molecular flexibility index (Phi) is 6.17. The van der Waals surface area contributed by atoms with Crippen molar-refractivity contribution in [1.82, 2.24) is 0 Å². The molecule has 0 aromatic heterocycles. The van der Waals surface area contributed by atoms with Gasteiger partial charge in [0.2, 0.25) is 0 Å². The monoisotopic (exact) mass is 278 g/mol. The van der Waals surface area contributed by atoms with Crippen molar-refractivity contribution in [2.75, 3.05) is 0 Å². The van der Waals surface area contributed by atoms with Crippen LogP contribution >= 0.6 is 15.9 Å². The van der Waals surface area contributed by atoms with Gasteiger partial charge >= 0.3 is 0 Å². The maximum Gasteiger partial charge on any atom is 0.0435 e. The molecule has 1 aliphatic carbocycles. The lowest BCUT2D eigenvalue weighted by molar-refractivity contribution is 0.943.